The Kier molecular flexibility index (Phi) is 3.87. The molecule has 0 aliphatic carbocycles. The van der Waals surface area contributed by atoms with Gasteiger partial charge in [-0.1, -0.05) is 17.7 Å². The molecule has 0 aliphatic heterocycles. The number of rotatable bonds is 3. The minimum absolute atomic E-state index is 0.118. The maximum atomic E-state index is 12.0. The number of anilines is 1. The number of carboxylic acid groups (broad SMARTS) is 1. The van der Waals surface area contributed by atoms with Crippen molar-refractivity contribution in [2.75, 3.05) is 5.32 Å². The van der Waals surface area contributed by atoms with Gasteiger partial charge in [-0.25, -0.2) is 4.79 Å². The molecule has 0 atom stereocenters. The van der Waals surface area contributed by atoms with Crippen LogP contribution < -0.4 is 5.32 Å². The second-order valence-electron chi connectivity index (χ2n) is 3.89. The van der Waals surface area contributed by atoms with Crippen molar-refractivity contribution in [1.82, 2.24) is 0 Å². The van der Waals surface area contributed by atoms with Gasteiger partial charge < -0.3 is 10.4 Å². The number of aromatic carboxylic acids is 1. The van der Waals surface area contributed by atoms with E-state index in [2.05, 4.69) is 5.32 Å². The molecule has 6 heteroatoms. The average Bonchev–Trinajstić information content (AvgIpc) is 2.71. The van der Waals surface area contributed by atoms with Gasteiger partial charge in [-0.2, -0.15) is 0 Å². The summed E-state index contributed by atoms with van der Waals surface area (Å²) in [6.45, 7) is 1.75. The maximum absolute atomic E-state index is 12.0. The minimum Gasteiger partial charge on any atom is -0.477 e. The van der Waals surface area contributed by atoms with E-state index in [0.717, 1.165) is 16.9 Å². The van der Waals surface area contributed by atoms with Gasteiger partial charge in [0.25, 0.3) is 5.91 Å². The molecule has 4 nitrogen and oxygen atoms in total. The van der Waals surface area contributed by atoms with E-state index >= 15 is 0 Å². The number of carbonyl (C=O) groups is 2. The van der Waals surface area contributed by atoms with Gasteiger partial charge in [-0.15, -0.1) is 11.3 Å². The van der Waals surface area contributed by atoms with Crippen LogP contribution in [-0.4, -0.2) is 17.0 Å². The molecule has 98 valence electrons. The number of carboxylic acids is 1. The van der Waals surface area contributed by atoms with E-state index in [1.807, 2.05) is 0 Å². The van der Waals surface area contributed by atoms with Crippen molar-refractivity contribution < 1.29 is 14.7 Å². The van der Waals surface area contributed by atoms with E-state index in [1.54, 1.807) is 30.5 Å². The van der Waals surface area contributed by atoms with Crippen LogP contribution in [0.4, 0.5) is 5.69 Å². The second kappa shape index (κ2) is 5.42. The van der Waals surface area contributed by atoms with E-state index < -0.39 is 5.97 Å². The lowest BCUT2D eigenvalue weighted by Gasteiger charge is -2.06. The molecule has 19 heavy (non-hydrogen) atoms. The van der Waals surface area contributed by atoms with Crippen molar-refractivity contribution in [3.63, 3.8) is 0 Å². The van der Waals surface area contributed by atoms with Crippen LogP contribution in [0.1, 0.15) is 25.6 Å². The standard InChI is InChI=1S/C13H10ClNO3S/c1-7-6-19-11(13(17)18)10(7)15-12(16)8-3-2-4-9(14)5-8/h2-6H,1H3,(H,15,16)(H,17,18). The Morgan fingerprint density at radius 1 is 1.37 bits per heavy atom. The Morgan fingerprint density at radius 2 is 2.11 bits per heavy atom. The van der Waals surface area contributed by atoms with Crippen molar-refractivity contribution in [3.8, 4) is 0 Å². The first-order valence-electron chi connectivity index (χ1n) is 5.37. The predicted molar refractivity (Wildman–Crippen MR) is 75.4 cm³/mol. The largest absolute Gasteiger partial charge is 0.477 e. The number of hydrogen-bond donors (Lipinski definition) is 2. The van der Waals surface area contributed by atoms with E-state index in [9.17, 15) is 9.59 Å². The minimum atomic E-state index is -1.06. The lowest BCUT2D eigenvalue weighted by atomic mass is 10.2. The number of carbonyl (C=O) groups excluding carboxylic acids is 1. The van der Waals surface area contributed by atoms with Crippen LogP contribution >= 0.6 is 22.9 Å². The summed E-state index contributed by atoms with van der Waals surface area (Å²) >= 11 is 6.90. The average molecular weight is 296 g/mol. The van der Waals surface area contributed by atoms with E-state index in [4.69, 9.17) is 16.7 Å². The summed E-state index contributed by atoms with van der Waals surface area (Å²) in [4.78, 5) is 23.2. The van der Waals surface area contributed by atoms with Crippen molar-refractivity contribution in [2.45, 2.75) is 6.92 Å². The Morgan fingerprint density at radius 3 is 2.74 bits per heavy atom. The normalized spacial score (nSPS) is 10.2. The quantitative estimate of drug-likeness (QED) is 0.908. The van der Waals surface area contributed by atoms with Crippen LogP contribution in [0, 0.1) is 6.92 Å². The Labute approximate surface area is 118 Å². The van der Waals surface area contributed by atoms with Gasteiger partial charge in [0, 0.05) is 10.6 Å². The first-order chi connectivity index (χ1) is 8.99. The summed E-state index contributed by atoms with van der Waals surface area (Å²) in [5.74, 6) is -1.44. The first-order valence-corrected chi connectivity index (χ1v) is 6.63. The smallest absolute Gasteiger partial charge is 0.348 e. The highest BCUT2D eigenvalue weighted by atomic mass is 35.5. The zero-order valence-corrected chi connectivity index (χ0v) is 11.5. The van der Waals surface area contributed by atoms with Crippen molar-refractivity contribution in [2.24, 2.45) is 0 Å². The fraction of sp³-hybridized carbons (Fsp3) is 0.0769. The van der Waals surface area contributed by atoms with Crippen LogP contribution in [0.3, 0.4) is 0 Å². The molecule has 1 amide bonds. The molecule has 0 aliphatic rings. The Hall–Kier alpha value is -1.85. The molecule has 2 aromatic rings. The highest BCUT2D eigenvalue weighted by Crippen LogP contribution is 2.28. The molecule has 1 aromatic heterocycles. The fourth-order valence-corrected chi connectivity index (χ4v) is 2.61. The molecular formula is C13H10ClNO3S. The number of benzene rings is 1. The molecule has 0 saturated carbocycles. The van der Waals surface area contributed by atoms with Gasteiger partial charge in [0.2, 0.25) is 0 Å². The Bertz CT molecular complexity index is 651. The highest BCUT2D eigenvalue weighted by Gasteiger charge is 2.17. The number of amides is 1. The molecule has 0 unspecified atom stereocenters. The van der Waals surface area contributed by atoms with Gasteiger partial charge >= 0.3 is 5.97 Å². The summed E-state index contributed by atoms with van der Waals surface area (Å²) in [5, 5.41) is 13.8. The number of halogens is 1. The molecular weight excluding hydrogens is 286 g/mol. The summed E-state index contributed by atoms with van der Waals surface area (Å²) in [6.07, 6.45) is 0. The zero-order chi connectivity index (χ0) is 14.0. The fourth-order valence-electron chi connectivity index (χ4n) is 1.57. The van der Waals surface area contributed by atoms with E-state index in [-0.39, 0.29) is 10.8 Å². The van der Waals surface area contributed by atoms with Gasteiger partial charge in [-0.3, -0.25) is 4.79 Å². The Balaban J connectivity index is 2.29. The molecule has 0 radical (unpaired) electrons. The summed E-state index contributed by atoms with van der Waals surface area (Å²) in [6, 6.07) is 6.47. The molecule has 2 rings (SSSR count). The predicted octanol–water partition coefficient (Wildman–Crippen LogP) is 3.66. The third-order valence-electron chi connectivity index (χ3n) is 2.49. The summed E-state index contributed by atoms with van der Waals surface area (Å²) in [7, 11) is 0. The lowest BCUT2D eigenvalue weighted by molar-refractivity contribution is 0.0703. The molecule has 0 bridgehead atoms. The molecule has 0 spiro atoms. The number of aryl methyl sites for hydroxylation is 1. The highest BCUT2D eigenvalue weighted by molar-refractivity contribution is 7.12. The van der Waals surface area contributed by atoms with Gasteiger partial charge in [-0.05, 0) is 36.1 Å². The topological polar surface area (TPSA) is 66.4 Å². The third-order valence-corrected chi connectivity index (χ3v) is 3.82. The van der Waals surface area contributed by atoms with Crippen molar-refractivity contribution in [3.05, 3.63) is 50.7 Å². The van der Waals surface area contributed by atoms with Crippen LogP contribution in [0.25, 0.3) is 0 Å². The van der Waals surface area contributed by atoms with Crippen molar-refractivity contribution >= 4 is 40.5 Å². The molecule has 1 heterocycles. The maximum Gasteiger partial charge on any atom is 0.348 e. The second-order valence-corrected chi connectivity index (χ2v) is 5.21. The van der Waals surface area contributed by atoms with E-state index in [1.165, 1.54) is 6.07 Å². The van der Waals surface area contributed by atoms with Gasteiger partial charge in [0.05, 0.1) is 5.69 Å². The third kappa shape index (κ3) is 2.94. The summed E-state index contributed by atoms with van der Waals surface area (Å²) < 4.78 is 0. The molecule has 0 saturated heterocycles. The lowest BCUT2D eigenvalue weighted by Crippen LogP contribution is -2.14. The number of thiophene rings is 1. The van der Waals surface area contributed by atoms with Crippen LogP contribution in [-0.2, 0) is 0 Å². The zero-order valence-electron chi connectivity index (χ0n) is 9.94. The first kappa shape index (κ1) is 13.6. The summed E-state index contributed by atoms with van der Waals surface area (Å²) in [5.41, 5.74) is 1.44. The molecule has 0 fully saturated rings. The van der Waals surface area contributed by atoms with Gasteiger partial charge in [0.1, 0.15) is 4.88 Å². The molecule has 1 aromatic carbocycles. The SMILES string of the molecule is Cc1csc(C(=O)O)c1NC(=O)c1cccc(Cl)c1. The van der Waals surface area contributed by atoms with Gasteiger partial charge in [0.15, 0.2) is 0 Å². The number of hydrogen-bond acceptors (Lipinski definition) is 3. The van der Waals surface area contributed by atoms with Crippen molar-refractivity contribution in [1.29, 1.82) is 0 Å². The van der Waals surface area contributed by atoms with Crippen LogP contribution in [0.2, 0.25) is 5.02 Å². The molecule has 2 N–H and O–H groups in total. The monoisotopic (exact) mass is 295 g/mol. The van der Waals surface area contributed by atoms with Crippen LogP contribution in [0.5, 0.6) is 0 Å². The number of nitrogens with one attached hydrogen (secondary N) is 1. The van der Waals surface area contributed by atoms with E-state index in [0.29, 0.717) is 16.3 Å². The van der Waals surface area contributed by atoms with Crippen LogP contribution in [0.15, 0.2) is 29.6 Å².